The molecule has 0 aromatic heterocycles. The molecule has 1 aromatic rings. The Balaban J connectivity index is 0.00000256. The first-order valence-corrected chi connectivity index (χ1v) is 5.96. The smallest absolute Gasteiger partial charge is 0.652 e. The molecule has 1 atom stereocenters. The van der Waals surface area contributed by atoms with E-state index in [4.69, 9.17) is 10.1 Å². The van der Waals surface area contributed by atoms with Crippen molar-refractivity contribution in [2.24, 2.45) is 0 Å². The SMILES string of the molecule is CC(C)[N-][C@H](COC(C)C)c1ccccc1.[Li+]. The standard InChI is InChI=1S/C14H22NO.Li/c1-11(2)15-14(10-16-12(3)4)13-8-6-5-7-9-13;/h5-9,11-12,14H,10H2,1-4H3;/q-1;+1/t14-;/m1./s1. The van der Waals surface area contributed by atoms with Crippen LogP contribution in [-0.2, 0) is 4.74 Å². The van der Waals surface area contributed by atoms with Gasteiger partial charge in [-0.3, -0.25) is 0 Å². The third-order valence-electron chi connectivity index (χ3n) is 2.25. The van der Waals surface area contributed by atoms with Crippen LogP contribution in [0.15, 0.2) is 30.3 Å². The number of ether oxygens (including phenoxy) is 1. The first kappa shape index (κ1) is 16.7. The van der Waals surface area contributed by atoms with Crippen LogP contribution < -0.4 is 18.9 Å². The van der Waals surface area contributed by atoms with Crippen molar-refractivity contribution in [3.8, 4) is 0 Å². The van der Waals surface area contributed by atoms with Crippen LogP contribution in [0.5, 0.6) is 0 Å². The molecule has 17 heavy (non-hydrogen) atoms. The van der Waals surface area contributed by atoms with Gasteiger partial charge in [-0.15, -0.1) is 6.04 Å². The summed E-state index contributed by atoms with van der Waals surface area (Å²) in [6.07, 6.45) is 0.258. The van der Waals surface area contributed by atoms with E-state index in [1.807, 2.05) is 18.2 Å². The predicted octanol–water partition coefficient (Wildman–Crippen LogP) is 0.939. The summed E-state index contributed by atoms with van der Waals surface area (Å²) in [5, 5.41) is 4.69. The van der Waals surface area contributed by atoms with Crippen LogP contribution in [0, 0.1) is 0 Å². The van der Waals surface area contributed by atoms with Crippen molar-refractivity contribution in [2.75, 3.05) is 6.61 Å². The van der Waals surface area contributed by atoms with Gasteiger partial charge < -0.3 is 10.1 Å². The minimum Gasteiger partial charge on any atom is -0.652 e. The van der Waals surface area contributed by atoms with E-state index in [-0.39, 0.29) is 31.0 Å². The van der Waals surface area contributed by atoms with E-state index in [0.29, 0.717) is 12.6 Å². The van der Waals surface area contributed by atoms with E-state index < -0.39 is 0 Å². The van der Waals surface area contributed by atoms with E-state index in [9.17, 15) is 0 Å². The summed E-state index contributed by atoms with van der Waals surface area (Å²) in [6, 6.07) is 10.8. The average Bonchev–Trinajstić information content (AvgIpc) is 2.25. The van der Waals surface area contributed by atoms with Crippen LogP contribution in [0.3, 0.4) is 0 Å². The molecule has 0 aliphatic rings. The first-order valence-electron chi connectivity index (χ1n) is 5.96. The zero-order valence-electron chi connectivity index (χ0n) is 11.7. The van der Waals surface area contributed by atoms with Gasteiger partial charge >= 0.3 is 18.9 Å². The van der Waals surface area contributed by atoms with Crippen LogP contribution in [0.2, 0.25) is 0 Å². The second-order valence-corrected chi connectivity index (χ2v) is 4.55. The maximum Gasteiger partial charge on any atom is 1.00 e. The number of rotatable bonds is 6. The summed E-state index contributed by atoms with van der Waals surface area (Å²) in [4.78, 5) is 0. The van der Waals surface area contributed by atoms with E-state index in [1.165, 1.54) is 5.56 Å². The molecule has 0 bridgehead atoms. The minimum atomic E-state index is 0. The Hall–Kier alpha value is -0.263. The van der Waals surface area contributed by atoms with Gasteiger partial charge in [-0.2, -0.15) is 0 Å². The molecule has 0 fully saturated rings. The Morgan fingerprint density at radius 2 is 1.65 bits per heavy atom. The Bertz CT molecular complexity index is 288. The summed E-state index contributed by atoms with van der Waals surface area (Å²) in [6.45, 7) is 8.98. The molecule has 0 aliphatic heterocycles. The summed E-state index contributed by atoms with van der Waals surface area (Å²) < 4.78 is 5.67. The molecule has 0 heterocycles. The van der Waals surface area contributed by atoms with Crippen molar-refractivity contribution in [1.29, 1.82) is 0 Å². The van der Waals surface area contributed by atoms with E-state index in [0.717, 1.165) is 0 Å². The quantitative estimate of drug-likeness (QED) is 0.663. The molecule has 3 heteroatoms. The number of benzene rings is 1. The third kappa shape index (κ3) is 6.91. The molecule has 0 saturated carbocycles. The van der Waals surface area contributed by atoms with Crippen LogP contribution in [0.4, 0.5) is 0 Å². The molecular weight excluding hydrogens is 205 g/mol. The zero-order chi connectivity index (χ0) is 12.0. The number of nitrogens with zero attached hydrogens (tertiary/aromatic N) is 1. The van der Waals surface area contributed by atoms with Gasteiger partial charge in [-0.25, -0.2) is 0 Å². The largest absolute Gasteiger partial charge is 1.00 e. The second-order valence-electron chi connectivity index (χ2n) is 4.55. The molecule has 0 spiro atoms. The normalized spacial score (nSPS) is 12.6. The average molecular weight is 227 g/mol. The maximum absolute atomic E-state index is 5.67. The molecule has 0 saturated heterocycles. The van der Waals surface area contributed by atoms with Crippen LogP contribution >= 0.6 is 0 Å². The summed E-state index contributed by atoms with van der Waals surface area (Å²) in [5.41, 5.74) is 1.23. The maximum atomic E-state index is 5.67. The minimum absolute atomic E-state index is 0. The molecule has 0 unspecified atom stereocenters. The zero-order valence-corrected chi connectivity index (χ0v) is 11.7. The fourth-order valence-electron chi connectivity index (χ4n) is 1.54. The van der Waals surface area contributed by atoms with Crippen molar-refractivity contribution < 1.29 is 23.6 Å². The van der Waals surface area contributed by atoms with Crippen molar-refractivity contribution >= 4 is 0 Å². The van der Waals surface area contributed by atoms with E-state index >= 15 is 0 Å². The Morgan fingerprint density at radius 3 is 2.12 bits per heavy atom. The van der Waals surface area contributed by atoms with Gasteiger partial charge in [0.05, 0.1) is 6.10 Å². The molecular formula is C14H22LiNO. The number of hydrogen-bond acceptors (Lipinski definition) is 1. The van der Waals surface area contributed by atoms with E-state index in [1.54, 1.807) is 0 Å². The predicted molar refractivity (Wildman–Crippen MR) is 68.8 cm³/mol. The van der Waals surface area contributed by atoms with Gasteiger partial charge in [-0.1, -0.05) is 55.8 Å². The van der Waals surface area contributed by atoms with Crippen molar-refractivity contribution in [2.45, 2.75) is 45.9 Å². The van der Waals surface area contributed by atoms with Crippen molar-refractivity contribution in [1.82, 2.24) is 0 Å². The number of hydrogen-bond donors (Lipinski definition) is 0. The third-order valence-corrected chi connectivity index (χ3v) is 2.25. The fourth-order valence-corrected chi connectivity index (χ4v) is 1.54. The summed E-state index contributed by atoms with van der Waals surface area (Å²) >= 11 is 0. The van der Waals surface area contributed by atoms with Crippen LogP contribution in [0.1, 0.15) is 39.3 Å². The van der Waals surface area contributed by atoms with Gasteiger partial charge in [0.15, 0.2) is 0 Å². The Kier molecular flexibility index (Phi) is 8.64. The monoisotopic (exact) mass is 227 g/mol. The van der Waals surface area contributed by atoms with Gasteiger partial charge in [0.1, 0.15) is 0 Å². The van der Waals surface area contributed by atoms with Crippen molar-refractivity contribution in [3.63, 3.8) is 0 Å². The molecule has 0 aliphatic carbocycles. The van der Waals surface area contributed by atoms with Gasteiger partial charge in [0.2, 0.25) is 0 Å². The van der Waals surface area contributed by atoms with Gasteiger partial charge in [0, 0.05) is 6.61 Å². The first-order chi connectivity index (χ1) is 7.59. The summed E-state index contributed by atoms with van der Waals surface area (Å²) in [7, 11) is 0. The Labute approximate surface area is 117 Å². The molecule has 0 radical (unpaired) electrons. The summed E-state index contributed by atoms with van der Waals surface area (Å²) in [5.74, 6) is 0. The van der Waals surface area contributed by atoms with Gasteiger partial charge in [0.25, 0.3) is 0 Å². The Morgan fingerprint density at radius 1 is 1.06 bits per heavy atom. The molecule has 2 nitrogen and oxygen atoms in total. The second kappa shape index (κ2) is 8.77. The molecule has 0 amide bonds. The molecule has 90 valence electrons. The molecule has 1 rings (SSSR count). The topological polar surface area (TPSA) is 23.3 Å². The van der Waals surface area contributed by atoms with E-state index in [2.05, 4.69) is 39.8 Å². The van der Waals surface area contributed by atoms with Crippen LogP contribution in [-0.4, -0.2) is 18.8 Å². The molecule has 1 aromatic carbocycles. The molecule has 0 N–H and O–H groups in total. The fraction of sp³-hybridized carbons (Fsp3) is 0.571. The van der Waals surface area contributed by atoms with Crippen LogP contribution in [0.25, 0.3) is 5.32 Å². The van der Waals surface area contributed by atoms with Gasteiger partial charge in [-0.05, 0) is 13.8 Å². The van der Waals surface area contributed by atoms with Crippen molar-refractivity contribution in [3.05, 3.63) is 41.2 Å².